The van der Waals surface area contributed by atoms with Gasteiger partial charge >= 0.3 is 0 Å². The van der Waals surface area contributed by atoms with E-state index < -0.39 is 15.6 Å². The summed E-state index contributed by atoms with van der Waals surface area (Å²) < 4.78 is 25.0. The van der Waals surface area contributed by atoms with Crippen molar-refractivity contribution in [3.05, 3.63) is 0 Å². The molecule has 0 bridgehead atoms. The van der Waals surface area contributed by atoms with E-state index in [9.17, 15) is 13.2 Å². The number of carbonyl (C=O) groups excluding carboxylic acids is 1. The maximum atomic E-state index is 11.8. The van der Waals surface area contributed by atoms with E-state index in [2.05, 4.69) is 10.0 Å². The first-order valence-corrected chi connectivity index (χ1v) is 7.59. The Morgan fingerprint density at radius 3 is 2.47 bits per heavy atom. The molecule has 0 aromatic heterocycles. The van der Waals surface area contributed by atoms with Crippen molar-refractivity contribution in [2.24, 2.45) is 5.73 Å². The zero-order valence-electron chi connectivity index (χ0n) is 10.2. The average Bonchev–Trinajstić information content (AvgIpc) is 2.66. The molecule has 17 heavy (non-hydrogen) atoms. The maximum absolute atomic E-state index is 11.8. The second-order valence-electron chi connectivity index (χ2n) is 4.44. The molecule has 1 aliphatic carbocycles. The highest BCUT2D eigenvalue weighted by Crippen LogP contribution is 2.26. The Bertz CT molecular complexity index is 361. The molecule has 0 radical (unpaired) electrons. The van der Waals surface area contributed by atoms with E-state index in [-0.39, 0.29) is 18.2 Å². The van der Waals surface area contributed by atoms with Gasteiger partial charge in [-0.1, -0.05) is 19.8 Å². The van der Waals surface area contributed by atoms with Gasteiger partial charge in [0.05, 0.1) is 11.3 Å². The molecule has 100 valence electrons. The summed E-state index contributed by atoms with van der Waals surface area (Å²) in [6.07, 6.45) is 3.27. The zero-order chi connectivity index (χ0) is 12.9. The first-order chi connectivity index (χ1) is 7.90. The molecule has 1 aliphatic rings. The molecule has 1 fully saturated rings. The van der Waals surface area contributed by atoms with E-state index in [0.717, 1.165) is 12.8 Å². The fourth-order valence-electron chi connectivity index (χ4n) is 2.00. The molecule has 4 N–H and O–H groups in total. The molecule has 6 nitrogen and oxygen atoms in total. The van der Waals surface area contributed by atoms with Crippen LogP contribution in [0.5, 0.6) is 0 Å². The molecule has 0 aliphatic heterocycles. The van der Waals surface area contributed by atoms with Crippen molar-refractivity contribution in [2.75, 3.05) is 18.8 Å². The monoisotopic (exact) mass is 263 g/mol. The standard InChI is InChI=1S/C10H21N3O3S/c1-2-13-17(15,16)8-7-12-9(14)10(11)5-3-4-6-10/h13H,2-8,11H2,1H3,(H,12,14). The molecule has 7 heteroatoms. The van der Waals surface area contributed by atoms with Crippen LogP contribution < -0.4 is 15.8 Å². The highest BCUT2D eigenvalue weighted by atomic mass is 32.2. The minimum Gasteiger partial charge on any atom is -0.353 e. The topological polar surface area (TPSA) is 101 Å². The third-order valence-corrected chi connectivity index (χ3v) is 4.44. The Morgan fingerprint density at radius 2 is 1.94 bits per heavy atom. The lowest BCUT2D eigenvalue weighted by atomic mass is 9.98. The molecule has 0 aromatic rings. The molecule has 0 heterocycles. The van der Waals surface area contributed by atoms with Crippen molar-refractivity contribution < 1.29 is 13.2 Å². The summed E-state index contributed by atoms with van der Waals surface area (Å²) in [4.78, 5) is 11.8. The van der Waals surface area contributed by atoms with Crippen molar-refractivity contribution in [1.82, 2.24) is 10.0 Å². The number of hydrogen-bond acceptors (Lipinski definition) is 4. The van der Waals surface area contributed by atoms with E-state index in [1.807, 2.05) is 0 Å². The van der Waals surface area contributed by atoms with Gasteiger partial charge in [-0.25, -0.2) is 13.1 Å². The van der Waals surface area contributed by atoms with Gasteiger partial charge in [-0.2, -0.15) is 0 Å². The van der Waals surface area contributed by atoms with Gasteiger partial charge in [0, 0.05) is 13.1 Å². The fourth-order valence-corrected chi connectivity index (χ4v) is 2.95. The Balaban J connectivity index is 2.34. The van der Waals surface area contributed by atoms with Gasteiger partial charge in [0.15, 0.2) is 0 Å². The lowest BCUT2D eigenvalue weighted by molar-refractivity contribution is -0.126. The van der Waals surface area contributed by atoms with Crippen LogP contribution in [0.3, 0.4) is 0 Å². The van der Waals surface area contributed by atoms with Crippen molar-refractivity contribution >= 4 is 15.9 Å². The van der Waals surface area contributed by atoms with Crippen LogP contribution in [0, 0.1) is 0 Å². The number of rotatable bonds is 6. The van der Waals surface area contributed by atoms with E-state index in [0.29, 0.717) is 19.4 Å². The van der Waals surface area contributed by atoms with Crippen LogP contribution in [0.15, 0.2) is 0 Å². The number of amides is 1. The molecule has 1 amide bonds. The van der Waals surface area contributed by atoms with Crippen LogP contribution in [0.4, 0.5) is 0 Å². The molecule has 0 atom stereocenters. The van der Waals surface area contributed by atoms with Crippen LogP contribution in [0.25, 0.3) is 0 Å². The maximum Gasteiger partial charge on any atom is 0.240 e. The highest BCUT2D eigenvalue weighted by Gasteiger charge is 2.36. The predicted octanol–water partition coefficient (Wildman–Crippen LogP) is -0.687. The van der Waals surface area contributed by atoms with Crippen LogP contribution in [-0.2, 0) is 14.8 Å². The number of nitrogens with two attached hydrogens (primary N) is 1. The minimum atomic E-state index is -3.28. The summed E-state index contributed by atoms with van der Waals surface area (Å²) in [7, 11) is -3.28. The summed E-state index contributed by atoms with van der Waals surface area (Å²) in [5, 5.41) is 2.60. The Labute approximate surface area is 102 Å². The van der Waals surface area contributed by atoms with Crippen LogP contribution >= 0.6 is 0 Å². The Kier molecular flexibility index (Phi) is 4.91. The molecule has 1 rings (SSSR count). The third kappa shape index (κ3) is 4.25. The Hall–Kier alpha value is -0.660. The number of carbonyl (C=O) groups is 1. The first kappa shape index (κ1) is 14.4. The van der Waals surface area contributed by atoms with Gasteiger partial charge in [0.1, 0.15) is 0 Å². The molecular formula is C10H21N3O3S. The molecular weight excluding hydrogens is 242 g/mol. The van der Waals surface area contributed by atoms with Crippen LogP contribution in [0.2, 0.25) is 0 Å². The van der Waals surface area contributed by atoms with Crippen LogP contribution in [0.1, 0.15) is 32.6 Å². The summed E-state index contributed by atoms with van der Waals surface area (Å²) in [5.74, 6) is -0.343. The van der Waals surface area contributed by atoms with Gasteiger partial charge in [0.2, 0.25) is 15.9 Å². The minimum absolute atomic E-state index is 0.104. The van der Waals surface area contributed by atoms with Crippen molar-refractivity contribution in [2.45, 2.75) is 38.1 Å². The van der Waals surface area contributed by atoms with Gasteiger partial charge in [-0.05, 0) is 12.8 Å². The van der Waals surface area contributed by atoms with E-state index >= 15 is 0 Å². The SMILES string of the molecule is CCNS(=O)(=O)CCNC(=O)C1(N)CCCC1. The summed E-state index contributed by atoms with van der Waals surface area (Å²) >= 11 is 0. The summed E-state index contributed by atoms with van der Waals surface area (Å²) in [5.41, 5.74) is 5.14. The van der Waals surface area contributed by atoms with Gasteiger partial charge in [-0.3, -0.25) is 4.79 Å². The van der Waals surface area contributed by atoms with Crippen molar-refractivity contribution in [3.8, 4) is 0 Å². The second-order valence-corrected chi connectivity index (χ2v) is 6.36. The van der Waals surface area contributed by atoms with Gasteiger partial charge in [0.25, 0.3) is 0 Å². The van der Waals surface area contributed by atoms with E-state index in [1.165, 1.54) is 0 Å². The number of sulfonamides is 1. The molecule has 0 unspecified atom stereocenters. The highest BCUT2D eigenvalue weighted by molar-refractivity contribution is 7.89. The quantitative estimate of drug-likeness (QED) is 0.590. The number of hydrogen-bond donors (Lipinski definition) is 3. The lowest BCUT2D eigenvalue weighted by Crippen LogP contribution is -2.52. The fraction of sp³-hybridized carbons (Fsp3) is 0.900. The van der Waals surface area contributed by atoms with E-state index in [4.69, 9.17) is 5.73 Å². The van der Waals surface area contributed by atoms with Gasteiger partial charge in [-0.15, -0.1) is 0 Å². The van der Waals surface area contributed by atoms with Crippen LogP contribution in [-0.4, -0.2) is 38.7 Å². The summed E-state index contributed by atoms with van der Waals surface area (Å²) in [6, 6.07) is 0. The normalized spacial score (nSPS) is 19.2. The predicted molar refractivity (Wildman–Crippen MR) is 65.9 cm³/mol. The molecule has 0 spiro atoms. The van der Waals surface area contributed by atoms with Crippen molar-refractivity contribution in [3.63, 3.8) is 0 Å². The summed E-state index contributed by atoms with van der Waals surface area (Å²) in [6.45, 7) is 2.17. The van der Waals surface area contributed by atoms with Gasteiger partial charge < -0.3 is 11.1 Å². The largest absolute Gasteiger partial charge is 0.353 e. The molecule has 1 saturated carbocycles. The van der Waals surface area contributed by atoms with E-state index in [1.54, 1.807) is 6.92 Å². The zero-order valence-corrected chi connectivity index (χ0v) is 11.0. The lowest BCUT2D eigenvalue weighted by Gasteiger charge is -2.22. The van der Waals surface area contributed by atoms with Crippen molar-refractivity contribution in [1.29, 1.82) is 0 Å². The first-order valence-electron chi connectivity index (χ1n) is 5.94. The average molecular weight is 263 g/mol. The second kappa shape index (κ2) is 5.79. The smallest absolute Gasteiger partial charge is 0.240 e. The number of nitrogens with one attached hydrogen (secondary N) is 2. The third-order valence-electron chi connectivity index (χ3n) is 2.97. The Morgan fingerprint density at radius 1 is 1.35 bits per heavy atom. The molecule has 0 saturated heterocycles. The molecule has 0 aromatic carbocycles.